The summed E-state index contributed by atoms with van der Waals surface area (Å²) in [5, 5.41) is 0. The minimum Gasteiger partial charge on any atom is -0.329 e. The van der Waals surface area contributed by atoms with Crippen LogP contribution in [0.2, 0.25) is 0 Å². The molecule has 1 atom stereocenters. The lowest BCUT2D eigenvalue weighted by Crippen LogP contribution is -2.25. The molecule has 1 aliphatic carbocycles. The van der Waals surface area contributed by atoms with Gasteiger partial charge in [0.15, 0.2) is 0 Å². The lowest BCUT2D eigenvalue weighted by atomic mass is 9.92. The summed E-state index contributed by atoms with van der Waals surface area (Å²) in [6, 6.07) is 0. The molecule has 1 N–H and O–H groups in total. The van der Waals surface area contributed by atoms with E-state index in [9.17, 15) is 0 Å². The number of allylic oxidation sites excluding steroid dienone is 1. The van der Waals surface area contributed by atoms with Crippen LogP contribution in [0, 0.1) is 0 Å². The first-order chi connectivity index (χ1) is 3.83. The van der Waals surface area contributed by atoms with Crippen LogP contribution >= 0.6 is 12.0 Å². The fraction of sp³-hybridized carbons (Fsp3) is 0.667. The maximum Gasteiger partial charge on any atom is 0.0630 e. The molecular weight excluding hydrogens is 120 g/mol. The smallest absolute Gasteiger partial charge is 0.0630 e. The zero-order valence-corrected chi connectivity index (χ0v) is 5.74. The number of rotatable bonds is 2. The largest absolute Gasteiger partial charge is 0.329 e. The maximum absolute atomic E-state index is 8.70. The minimum absolute atomic E-state index is 0.0972. The summed E-state index contributed by atoms with van der Waals surface area (Å²) in [6.07, 6.45) is 6.22. The summed E-state index contributed by atoms with van der Waals surface area (Å²) in [5.41, 5.74) is 0. The zero-order chi connectivity index (χ0) is 6.04. The normalized spacial score (nSPS) is 34.8. The van der Waals surface area contributed by atoms with E-state index >= 15 is 0 Å². The summed E-state index contributed by atoms with van der Waals surface area (Å²) in [6.45, 7) is 2.09. The lowest BCUT2D eigenvalue weighted by Gasteiger charge is -2.30. The lowest BCUT2D eigenvalue weighted by molar-refractivity contribution is 0.575. The van der Waals surface area contributed by atoms with Gasteiger partial charge in [0.05, 0.1) is 4.75 Å². The Balaban J connectivity index is 2.48. The predicted octanol–water partition coefficient (Wildman–Crippen LogP) is 2.30. The summed E-state index contributed by atoms with van der Waals surface area (Å²) < 4.78 is 8.80. The van der Waals surface area contributed by atoms with Crippen LogP contribution in [-0.4, -0.2) is 9.30 Å². The van der Waals surface area contributed by atoms with E-state index in [-0.39, 0.29) is 4.75 Å². The van der Waals surface area contributed by atoms with Crippen molar-refractivity contribution in [1.82, 2.24) is 0 Å². The first kappa shape index (κ1) is 6.17. The number of hydrogen-bond acceptors (Lipinski definition) is 2. The van der Waals surface area contributed by atoms with Crippen molar-refractivity contribution in [3.8, 4) is 0 Å². The van der Waals surface area contributed by atoms with Crippen LogP contribution in [0.3, 0.4) is 0 Å². The third-order valence-electron chi connectivity index (χ3n) is 1.67. The molecule has 0 spiro atoms. The molecule has 8 heavy (non-hydrogen) atoms. The molecule has 0 bridgehead atoms. The van der Waals surface area contributed by atoms with Gasteiger partial charge in [-0.25, -0.2) is 0 Å². The van der Waals surface area contributed by atoms with Crippen LogP contribution in [0.15, 0.2) is 12.2 Å². The molecule has 0 amide bonds. The Kier molecular flexibility index (Phi) is 1.63. The predicted molar refractivity (Wildman–Crippen MR) is 37.0 cm³/mol. The van der Waals surface area contributed by atoms with Crippen molar-refractivity contribution in [1.29, 1.82) is 0 Å². The van der Waals surface area contributed by atoms with Crippen LogP contribution in [0.5, 0.6) is 0 Å². The summed E-state index contributed by atoms with van der Waals surface area (Å²) in [5.74, 6) is 0. The molecule has 2 heteroatoms. The van der Waals surface area contributed by atoms with Crippen LogP contribution in [-0.2, 0) is 0 Å². The van der Waals surface area contributed by atoms with Gasteiger partial charge in [-0.1, -0.05) is 19.1 Å². The van der Waals surface area contributed by atoms with Gasteiger partial charge >= 0.3 is 0 Å². The van der Waals surface area contributed by atoms with Crippen LogP contribution in [0.1, 0.15) is 19.8 Å². The Bertz CT molecular complexity index is 105. The highest BCUT2D eigenvalue weighted by Crippen LogP contribution is 2.38. The molecular formula is C6H10OS. The van der Waals surface area contributed by atoms with Crippen molar-refractivity contribution in [2.45, 2.75) is 24.5 Å². The molecule has 0 fully saturated rings. The average molecular weight is 130 g/mol. The van der Waals surface area contributed by atoms with Crippen molar-refractivity contribution in [2.24, 2.45) is 0 Å². The van der Waals surface area contributed by atoms with Crippen molar-refractivity contribution >= 4 is 12.0 Å². The van der Waals surface area contributed by atoms with E-state index in [0.29, 0.717) is 0 Å². The summed E-state index contributed by atoms with van der Waals surface area (Å²) >= 11 is 0.972. The van der Waals surface area contributed by atoms with Crippen LogP contribution < -0.4 is 0 Å². The van der Waals surface area contributed by atoms with Gasteiger partial charge in [-0.3, -0.25) is 0 Å². The Morgan fingerprint density at radius 1 is 1.88 bits per heavy atom. The van der Waals surface area contributed by atoms with E-state index in [2.05, 4.69) is 19.1 Å². The molecule has 0 saturated heterocycles. The average Bonchev–Trinajstić information content (AvgIpc) is 1.67. The van der Waals surface area contributed by atoms with E-state index in [1.54, 1.807) is 0 Å². The second-order valence-corrected chi connectivity index (χ2v) is 3.11. The fourth-order valence-electron chi connectivity index (χ4n) is 0.775. The summed E-state index contributed by atoms with van der Waals surface area (Å²) in [7, 11) is 0. The second kappa shape index (κ2) is 2.11. The molecule has 46 valence electrons. The van der Waals surface area contributed by atoms with Gasteiger partial charge in [0.25, 0.3) is 0 Å². The van der Waals surface area contributed by atoms with Gasteiger partial charge in [-0.2, -0.15) is 0 Å². The SMILES string of the molecule is CCC1(SO)C=CC1. The van der Waals surface area contributed by atoms with E-state index < -0.39 is 0 Å². The molecule has 1 rings (SSSR count). The van der Waals surface area contributed by atoms with E-state index in [0.717, 1.165) is 24.9 Å². The quantitative estimate of drug-likeness (QED) is 0.457. The van der Waals surface area contributed by atoms with E-state index in [1.165, 1.54) is 0 Å². The standard InChI is InChI=1S/C6H10OS/c1-2-6(8-7)4-3-5-6/h3-4,7H,2,5H2,1H3. The molecule has 0 aromatic carbocycles. The van der Waals surface area contributed by atoms with Gasteiger partial charge in [0, 0.05) is 0 Å². The van der Waals surface area contributed by atoms with Gasteiger partial charge in [0.2, 0.25) is 0 Å². The summed E-state index contributed by atoms with van der Waals surface area (Å²) in [4.78, 5) is 0. The Morgan fingerprint density at radius 2 is 2.50 bits per heavy atom. The molecule has 0 aliphatic heterocycles. The highest BCUT2D eigenvalue weighted by molar-refractivity contribution is 7.95. The zero-order valence-electron chi connectivity index (χ0n) is 4.92. The first-order valence-corrected chi connectivity index (χ1v) is 3.60. The van der Waals surface area contributed by atoms with Gasteiger partial charge in [-0.05, 0) is 24.9 Å². The van der Waals surface area contributed by atoms with Crippen molar-refractivity contribution in [2.75, 3.05) is 0 Å². The monoisotopic (exact) mass is 130 g/mol. The van der Waals surface area contributed by atoms with E-state index in [4.69, 9.17) is 4.55 Å². The minimum atomic E-state index is 0.0972. The van der Waals surface area contributed by atoms with Gasteiger partial charge < -0.3 is 4.55 Å². The van der Waals surface area contributed by atoms with Gasteiger partial charge in [0.1, 0.15) is 0 Å². The Hall–Kier alpha value is 0.0500. The fourth-order valence-corrected chi connectivity index (χ4v) is 1.23. The number of hydrogen-bond donors (Lipinski definition) is 1. The highest BCUT2D eigenvalue weighted by Gasteiger charge is 2.29. The molecule has 1 nitrogen and oxygen atoms in total. The third-order valence-corrected chi connectivity index (χ3v) is 2.62. The molecule has 0 radical (unpaired) electrons. The van der Waals surface area contributed by atoms with Gasteiger partial charge in [-0.15, -0.1) is 0 Å². The molecule has 1 aliphatic rings. The molecule has 0 saturated carbocycles. The first-order valence-electron chi connectivity index (χ1n) is 2.83. The molecule has 0 heterocycles. The Labute approximate surface area is 54.0 Å². The van der Waals surface area contributed by atoms with Crippen LogP contribution in [0.4, 0.5) is 0 Å². The van der Waals surface area contributed by atoms with Crippen LogP contribution in [0.25, 0.3) is 0 Å². The third kappa shape index (κ3) is 0.782. The molecule has 1 unspecified atom stereocenters. The van der Waals surface area contributed by atoms with Crippen molar-refractivity contribution in [3.05, 3.63) is 12.2 Å². The van der Waals surface area contributed by atoms with Crippen molar-refractivity contribution < 1.29 is 4.55 Å². The van der Waals surface area contributed by atoms with Crippen molar-refractivity contribution in [3.63, 3.8) is 0 Å². The maximum atomic E-state index is 8.70. The highest BCUT2D eigenvalue weighted by atomic mass is 32.2. The second-order valence-electron chi connectivity index (χ2n) is 2.12. The molecule has 0 aromatic heterocycles. The Morgan fingerprint density at radius 3 is 2.50 bits per heavy atom. The van der Waals surface area contributed by atoms with E-state index in [1.807, 2.05) is 0 Å². The topological polar surface area (TPSA) is 20.2 Å². The molecule has 0 aromatic rings.